The van der Waals surface area contributed by atoms with Gasteiger partial charge in [-0.2, -0.15) is 0 Å². The summed E-state index contributed by atoms with van der Waals surface area (Å²) in [5.41, 5.74) is 1.47. The molecule has 2 aromatic rings. The van der Waals surface area contributed by atoms with Crippen molar-refractivity contribution in [3.05, 3.63) is 65.2 Å². The van der Waals surface area contributed by atoms with Crippen LogP contribution >= 0.6 is 0 Å². The first-order valence-electron chi connectivity index (χ1n) is 12.4. The highest BCUT2D eigenvalue weighted by molar-refractivity contribution is 7.92. The number of fused-ring (bicyclic) bond motifs is 1. The van der Waals surface area contributed by atoms with Gasteiger partial charge in [0.2, 0.25) is 10.0 Å². The van der Waals surface area contributed by atoms with Gasteiger partial charge >= 0.3 is 6.09 Å². The first kappa shape index (κ1) is 26.7. The number of likely N-dealkylation sites (tertiary alicyclic amines) is 1. The molecule has 37 heavy (non-hydrogen) atoms. The molecule has 4 rings (SSSR count). The molecule has 10 heteroatoms. The lowest BCUT2D eigenvalue weighted by Crippen LogP contribution is -2.42. The summed E-state index contributed by atoms with van der Waals surface area (Å²) in [6.07, 6.45) is 2.09. The van der Waals surface area contributed by atoms with Crippen molar-refractivity contribution in [2.75, 3.05) is 36.7 Å². The molecule has 198 valence electrons. The molecular formula is C27H33N3O6S. The topological polar surface area (TPSA) is 104 Å². The fourth-order valence-electron chi connectivity index (χ4n) is 4.86. The molecule has 3 amide bonds. The number of nitrogens with zero attached hydrogens (tertiary/aromatic N) is 3. The van der Waals surface area contributed by atoms with Gasteiger partial charge in [-0.25, -0.2) is 13.2 Å². The number of carbonyl (C=O) groups excluding carboxylic acids is 3. The van der Waals surface area contributed by atoms with Gasteiger partial charge in [0.1, 0.15) is 5.60 Å². The van der Waals surface area contributed by atoms with Gasteiger partial charge in [-0.1, -0.05) is 30.3 Å². The van der Waals surface area contributed by atoms with Crippen LogP contribution in [0.3, 0.4) is 0 Å². The lowest BCUT2D eigenvalue weighted by Gasteiger charge is -2.35. The van der Waals surface area contributed by atoms with Crippen molar-refractivity contribution >= 4 is 33.6 Å². The number of rotatable bonds is 6. The van der Waals surface area contributed by atoms with Gasteiger partial charge in [0.15, 0.2) is 0 Å². The summed E-state index contributed by atoms with van der Waals surface area (Å²) in [5.74, 6) is -0.799. The molecule has 0 saturated carbocycles. The Hall–Kier alpha value is -3.40. The zero-order valence-corrected chi connectivity index (χ0v) is 22.5. The fourth-order valence-corrected chi connectivity index (χ4v) is 5.79. The monoisotopic (exact) mass is 527 g/mol. The first-order valence-corrected chi connectivity index (χ1v) is 14.2. The number of piperidine rings is 1. The van der Waals surface area contributed by atoms with Crippen LogP contribution in [0.1, 0.15) is 65.8 Å². The van der Waals surface area contributed by atoms with Crippen LogP contribution in [-0.2, 0) is 14.8 Å². The minimum absolute atomic E-state index is 0.0402. The number of para-hydroxylation sites is 1. The Labute approximate surface area is 218 Å². The normalized spacial score (nSPS) is 16.6. The van der Waals surface area contributed by atoms with Crippen LogP contribution in [-0.4, -0.2) is 74.2 Å². The van der Waals surface area contributed by atoms with Crippen LogP contribution in [0.25, 0.3) is 0 Å². The maximum absolute atomic E-state index is 12.9. The Kier molecular flexibility index (Phi) is 7.32. The van der Waals surface area contributed by atoms with Gasteiger partial charge in [-0.05, 0) is 63.3 Å². The van der Waals surface area contributed by atoms with Crippen molar-refractivity contribution in [2.45, 2.75) is 45.1 Å². The summed E-state index contributed by atoms with van der Waals surface area (Å²) in [6, 6.07) is 13.9. The number of hydrogen-bond acceptors (Lipinski definition) is 6. The van der Waals surface area contributed by atoms with E-state index in [2.05, 4.69) is 0 Å². The van der Waals surface area contributed by atoms with Gasteiger partial charge in [-0.3, -0.25) is 18.8 Å². The minimum atomic E-state index is -3.72. The molecule has 0 aromatic heterocycles. The number of anilines is 1. The summed E-state index contributed by atoms with van der Waals surface area (Å²) >= 11 is 0. The Bertz CT molecular complexity index is 1270. The van der Waals surface area contributed by atoms with E-state index in [0.717, 1.165) is 16.7 Å². The molecule has 0 radical (unpaired) electrons. The van der Waals surface area contributed by atoms with Crippen molar-refractivity contribution in [2.24, 2.45) is 0 Å². The molecule has 2 aliphatic rings. The van der Waals surface area contributed by atoms with Crippen LogP contribution in [0.15, 0.2) is 48.5 Å². The molecular weight excluding hydrogens is 494 g/mol. The Balaban J connectivity index is 1.51. The smallest absolute Gasteiger partial charge is 0.410 e. The molecule has 2 aromatic carbocycles. The molecule has 0 aliphatic carbocycles. The molecule has 2 aliphatic heterocycles. The Morgan fingerprint density at radius 3 is 2.05 bits per heavy atom. The van der Waals surface area contributed by atoms with E-state index in [4.69, 9.17) is 4.74 Å². The Morgan fingerprint density at radius 1 is 0.973 bits per heavy atom. The first-order chi connectivity index (χ1) is 17.4. The lowest BCUT2D eigenvalue weighted by molar-refractivity contribution is 0.0204. The van der Waals surface area contributed by atoms with Crippen molar-refractivity contribution in [3.63, 3.8) is 0 Å². The number of sulfonamides is 1. The van der Waals surface area contributed by atoms with Gasteiger partial charge in [-0.15, -0.1) is 0 Å². The third-order valence-electron chi connectivity index (χ3n) is 6.60. The molecule has 0 unspecified atom stereocenters. The number of hydrogen-bond donors (Lipinski definition) is 0. The predicted octanol–water partition coefficient (Wildman–Crippen LogP) is 3.86. The van der Waals surface area contributed by atoms with Gasteiger partial charge < -0.3 is 9.64 Å². The molecule has 1 saturated heterocycles. The van der Waals surface area contributed by atoms with E-state index in [1.807, 2.05) is 32.9 Å². The number of carbonyl (C=O) groups is 3. The highest BCUT2D eigenvalue weighted by atomic mass is 32.2. The second kappa shape index (κ2) is 10.2. The SMILES string of the molecule is CC(C)(C)OC(=O)N1CCC(c2ccccc2N(CCN2C(=O)c3ccccc3C2=O)S(C)(=O)=O)CC1. The lowest BCUT2D eigenvalue weighted by atomic mass is 9.88. The molecule has 2 heterocycles. The molecule has 9 nitrogen and oxygen atoms in total. The summed E-state index contributed by atoms with van der Waals surface area (Å²) in [5, 5.41) is 0. The number of ether oxygens (including phenoxy) is 1. The summed E-state index contributed by atoms with van der Waals surface area (Å²) in [7, 11) is -3.72. The zero-order valence-electron chi connectivity index (χ0n) is 21.6. The third-order valence-corrected chi connectivity index (χ3v) is 7.78. The molecule has 0 bridgehead atoms. The van der Waals surface area contributed by atoms with Gasteiger partial charge in [0, 0.05) is 19.6 Å². The van der Waals surface area contributed by atoms with E-state index in [9.17, 15) is 22.8 Å². The van der Waals surface area contributed by atoms with E-state index in [1.54, 1.807) is 41.3 Å². The third kappa shape index (κ3) is 5.79. The molecule has 0 N–H and O–H groups in total. The highest BCUT2D eigenvalue weighted by Crippen LogP contribution is 2.36. The minimum Gasteiger partial charge on any atom is -0.444 e. The zero-order chi connectivity index (χ0) is 27.0. The maximum atomic E-state index is 12.9. The Morgan fingerprint density at radius 2 is 1.51 bits per heavy atom. The predicted molar refractivity (Wildman–Crippen MR) is 140 cm³/mol. The van der Waals surface area contributed by atoms with E-state index < -0.39 is 27.4 Å². The van der Waals surface area contributed by atoms with Crippen LogP contribution in [0, 0.1) is 0 Å². The maximum Gasteiger partial charge on any atom is 0.410 e. The molecule has 0 atom stereocenters. The second-order valence-corrected chi connectivity index (χ2v) is 12.3. The van der Waals surface area contributed by atoms with E-state index in [1.165, 1.54) is 4.31 Å². The summed E-state index contributed by atoms with van der Waals surface area (Å²) in [4.78, 5) is 40.8. The number of benzene rings is 2. The number of amides is 3. The summed E-state index contributed by atoms with van der Waals surface area (Å²) in [6.45, 7) is 6.37. The largest absolute Gasteiger partial charge is 0.444 e. The fraction of sp³-hybridized carbons (Fsp3) is 0.444. The number of imide groups is 1. The van der Waals surface area contributed by atoms with Gasteiger partial charge in [0.05, 0.1) is 29.6 Å². The van der Waals surface area contributed by atoms with Crippen LogP contribution in [0.4, 0.5) is 10.5 Å². The molecule has 0 spiro atoms. The quantitative estimate of drug-likeness (QED) is 0.529. The van der Waals surface area contributed by atoms with Crippen LogP contribution < -0.4 is 4.31 Å². The van der Waals surface area contributed by atoms with Gasteiger partial charge in [0.25, 0.3) is 11.8 Å². The van der Waals surface area contributed by atoms with Crippen molar-refractivity contribution in [3.8, 4) is 0 Å². The van der Waals surface area contributed by atoms with E-state index in [0.29, 0.717) is 42.7 Å². The van der Waals surface area contributed by atoms with Crippen molar-refractivity contribution in [1.82, 2.24) is 9.80 Å². The van der Waals surface area contributed by atoms with E-state index >= 15 is 0 Å². The van der Waals surface area contributed by atoms with Crippen molar-refractivity contribution < 1.29 is 27.5 Å². The summed E-state index contributed by atoms with van der Waals surface area (Å²) < 4.78 is 32.5. The van der Waals surface area contributed by atoms with Crippen LogP contribution in [0.5, 0.6) is 0 Å². The molecule has 1 fully saturated rings. The standard InChI is InChI=1S/C27H33N3O6S/c1-27(2,3)36-26(33)28-15-13-19(14-16-28)20-9-7-8-12-23(20)30(37(4,34)35)18-17-29-24(31)21-10-5-6-11-22(21)25(29)32/h5-12,19H,13-18H2,1-4H3. The highest BCUT2D eigenvalue weighted by Gasteiger charge is 2.36. The average molecular weight is 528 g/mol. The van der Waals surface area contributed by atoms with Crippen LogP contribution in [0.2, 0.25) is 0 Å². The van der Waals surface area contributed by atoms with Crippen molar-refractivity contribution in [1.29, 1.82) is 0 Å². The second-order valence-electron chi connectivity index (χ2n) is 10.4. The average Bonchev–Trinajstić information content (AvgIpc) is 3.08. The van der Waals surface area contributed by atoms with E-state index in [-0.39, 0.29) is 25.1 Å².